The summed E-state index contributed by atoms with van der Waals surface area (Å²) in [5.74, 6) is 0. The minimum absolute atomic E-state index is 0.000295. The average molecular weight is 268 g/mol. The second-order valence-corrected chi connectivity index (χ2v) is 4.26. The summed E-state index contributed by atoms with van der Waals surface area (Å²) in [6, 6.07) is 5.25. The number of hydrogen-bond acceptors (Lipinski definition) is 3. The van der Waals surface area contributed by atoms with Crippen LogP contribution in [0.5, 0.6) is 0 Å². The van der Waals surface area contributed by atoms with Crippen molar-refractivity contribution in [1.82, 2.24) is 0 Å². The fourth-order valence-corrected chi connectivity index (χ4v) is 1.65. The summed E-state index contributed by atoms with van der Waals surface area (Å²) < 4.78 is 38.0. The molecule has 7 heteroatoms. The Morgan fingerprint density at radius 1 is 1.38 bits per heavy atom. The molecule has 1 unspecified atom stereocenters. The minimum atomic E-state index is -3.70. The van der Waals surface area contributed by atoms with Crippen molar-refractivity contribution in [1.29, 1.82) is 0 Å². The van der Waals surface area contributed by atoms with Crippen molar-refractivity contribution >= 4 is 35.1 Å². The Bertz CT molecular complexity index is 404. The van der Waals surface area contributed by atoms with Crippen LogP contribution in [0.4, 0.5) is 18.9 Å². The molecule has 0 N–H and O–H groups in total. The van der Waals surface area contributed by atoms with Gasteiger partial charge in [0.1, 0.15) is 0 Å². The van der Waals surface area contributed by atoms with Gasteiger partial charge in [0.25, 0.3) is 0 Å². The largest absolute Gasteiger partial charge is 0.342 e. The van der Waals surface area contributed by atoms with Gasteiger partial charge in [-0.3, -0.25) is 0 Å². The third kappa shape index (κ3) is 3.56. The summed E-state index contributed by atoms with van der Waals surface area (Å²) >= 11 is 4.69. The summed E-state index contributed by atoms with van der Waals surface area (Å²) in [6.07, 6.45) is 1.31. The summed E-state index contributed by atoms with van der Waals surface area (Å²) in [5.41, 5.74) is -2.48. The van der Waals surface area contributed by atoms with E-state index in [-0.39, 0.29) is 22.3 Å². The Kier molecular flexibility index (Phi) is 4.41. The number of benzene rings is 1. The zero-order valence-electron chi connectivity index (χ0n) is 7.66. The van der Waals surface area contributed by atoms with Gasteiger partial charge in [-0.2, -0.15) is 13.8 Å². The van der Waals surface area contributed by atoms with Gasteiger partial charge < -0.3 is 0 Å². The zero-order chi connectivity index (χ0) is 12.2. The van der Waals surface area contributed by atoms with Gasteiger partial charge in [-0.05, 0) is 36.0 Å². The van der Waals surface area contributed by atoms with Crippen LogP contribution in [-0.4, -0.2) is 17.0 Å². The number of hydrogen-bond donors (Lipinski definition) is 0. The fraction of sp³-hybridized carbons (Fsp3) is 0.222. The van der Waals surface area contributed by atoms with Crippen LogP contribution >= 0.6 is 23.4 Å². The number of aliphatic imine (C=N–C) groups is 1. The quantitative estimate of drug-likeness (QED) is 0.359. The monoisotopic (exact) mass is 267 g/mol. The summed E-state index contributed by atoms with van der Waals surface area (Å²) in [7, 11) is 0. The van der Waals surface area contributed by atoms with Gasteiger partial charge in [0, 0.05) is 4.90 Å². The first-order chi connectivity index (χ1) is 7.45. The Morgan fingerprint density at radius 3 is 2.38 bits per heavy atom. The number of thioether (sulfide) groups is 1. The van der Waals surface area contributed by atoms with Crippen LogP contribution in [0.25, 0.3) is 0 Å². The summed E-state index contributed by atoms with van der Waals surface area (Å²) in [5, 5.41) is -3.70. The highest BCUT2D eigenvalue weighted by molar-refractivity contribution is 8.00. The zero-order valence-corrected chi connectivity index (χ0v) is 9.23. The average Bonchev–Trinajstić information content (AvgIpc) is 2.21. The van der Waals surface area contributed by atoms with E-state index in [0.29, 0.717) is 0 Å². The molecule has 16 heavy (non-hydrogen) atoms. The molecule has 0 aromatic heterocycles. The molecule has 0 saturated carbocycles. The van der Waals surface area contributed by atoms with Crippen LogP contribution in [0.2, 0.25) is 0 Å². The van der Waals surface area contributed by atoms with Gasteiger partial charge in [-0.1, -0.05) is 11.6 Å². The predicted octanol–water partition coefficient (Wildman–Crippen LogP) is 3.87. The molecule has 0 fully saturated rings. The highest BCUT2D eigenvalue weighted by atomic mass is 35.5. The molecular formula is C9H5ClF3NOS. The molecule has 2 nitrogen and oxygen atoms in total. The number of alkyl halides is 4. The van der Waals surface area contributed by atoms with E-state index >= 15 is 0 Å². The van der Waals surface area contributed by atoms with Crippen molar-refractivity contribution in [2.75, 3.05) is 0 Å². The molecule has 0 saturated heterocycles. The second kappa shape index (κ2) is 5.39. The molecule has 0 heterocycles. The topological polar surface area (TPSA) is 29.4 Å². The molecule has 0 aliphatic rings. The molecule has 1 atom stereocenters. The SMILES string of the molecule is O=C=Nc1ccc(SC(F)(F)C(F)Cl)cc1. The molecule has 0 bridgehead atoms. The molecule has 0 spiro atoms. The Hall–Kier alpha value is -0.970. The molecule has 1 aromatic rings. The number of nitrogens with zero attached hydrogens (tertiary/aromatic N) is 1. The van der Waals surface area contributed by atoms with E-state index in [1.165, 1.54) is 30.3 Å². The van der Waals surface area contributed by atoms with Gasteiger partial charge in [0.2, 0.25) is 11.7 Å². The molecule has 0 aliphatic carbocycles. The summed E-state index contributed by atoms with van der Waals surface area (Å²) in [6.45, 7) is 0. The van der Waals surface area contributed by atoms with Crippen molar-refractivity contribution < 1.29 is 18.0 Å². The smallest absolute Gasteiger partial charge is 0.222 e. The van der Waals surface area contributed by atoms with E-state index in [0.717, 1.165) is 0 Å². The van der Waals surface area contributed by atoms with Crippen LogP contribution in [0.1, 0.15) is 0 Å². The van der Waals surface area contributed by atoms with Gasteiger partial charge in [0.05, 0.1) is 5.69 Å². The van der Waals surface area contributed by atoms with Crippen molar-refractivity contribution in [3.63, 3.8) is 0 Å². The Labute approximate surface area is 98.5 Å². The van der Waals surface area contributed by atoms with Crippen molar-refractivity contribution in [3.05, 3.63) is 24.3 Å². The van der Waals surface area contributed by atoms with Gasteiger partial charge in [0.15, 0.2) is 0 Å². The van der Waals surface area contributed by atoms with E-state index in [4.69, 9.17) is 11.6 Å². The van der Waals surface area contributed by atoms with Crippen LogP contribution in [-0.2, 0) is 4.79 Å². The first kappa shape index (κ1) is 13.1. The normalized spacial score (nSPS) is 13.0. The fourth-order valence-electron chi connectivity index (χ4n) is 0.843. The highest BCUT2D eigenvalue weighted by Gasteiger charge is 2.40. The second-order valence-electron chi connectivity index (χ2n) is 2.66. The van der Waals surface area contributed by atoms with E-state index < -0.39 is 10.9 Å². The number of halogens is 4. The van der Waals surface area contributed by atoms with Crippen molar-refractivity contribution in [2.45, 2.75) is 15.8 Å². The standard InChI is InChI=1S/C9H5ClF3NOS/c10-8(11)9(12,13)16-7-3-1-6(2-4-7)14-5-15/h1-4,8H. The maximum absolute atomic E-state index is 12.9. The lowest BCUT2D eigenvalue weighted by atomic mass is 10.3. The highest BCUT2D eigenvalue weighted by Crippen LogP contribution is 2.41. The number of isocyanates is 1. The molecule has 86 valence electrons. The van der Waals surface area contributed by atoms with Gasteiger partial charge >= 0.3 is 5.25 Å². The van der Waals surface area contributed by atoms with Gasteiger partial charge in [-0.15, -0.1) is 0 Å². The van der Waals surface area contributed by atoms with Gasteiger partial charge in [-0.25, -0.2) is 9.18 Å². The molecule has 1 aromatic carbocycles. The summed E-state index contributed by atoms with van der Waals surface area (Å²) in [4.78, 5) is 13.3. The molecule has 1 rings (SSSR count). The minimum Gasteiger partial charge on any atom is -0.222 e. The lowest BCUT2D eigenvalue weighted by Gasteiger charge is -2.14. The van der Waals surface area contributed by atoms with E-state index in [2.05, 4.69) is 4.99 Å². The van der Waals surface area contributed by atoms with E-state index in [1.807, 2.05) is 0 Å². The van der Waals surface area contributed by atoms with Crippen molar-refractivity contribution in [2.24, 2.45) is 4.99 Å². The third-order valence-corrected chi connectivity index (χ3v) is 2.91. The van der Waals surface area contributed by atoms with Crippen LogP contribution < -0.4 is 0 Å². The first-order valence-electron chi connectivity index (χ1n) is 3.98. The maximum Gasteiger partial charge on any atom is 0.342 e. The number of rotatable bonds is 4. The van der Waals surface area contributed by atoms with Crippen molar-refractivity contribution in [3.8, 4) is 0 Å². The van der Waals surface area contributed by atoms with Crippen LogP contribution in [0, 0.1) is 0 Å². The molecular weight excluding hydrogens is 263 g/mol. The molecule has 0 aliphatic heterocycles. The maximum atomic E-state index is 12.9. The van der Waals surface area contributed by atoms with E-state index in [1.54, 1.807) is 0 Å². The molecule has 0 amide bonds. The lowest BCUT2D eigenvalue weighted by molar-refractivity contribution is 0.0537. The van der Waals surface area contributed by atoms with Crippen LogP contribution in [0.3, 0.4) is 0 Å². The molecule has 0 radical (unpaired) electrons. The predicted molar refractivity (Wildman–Crippen MR) is 55.8 cm³/mol. The Balaban J connectivity index is 2.79. The third-order valence-electron chi connectivity index (χ3n) is 1.52. The Morgan fingerprint density at radius 2 is 1.94 bits per heavy atom. The first-order valence-corrected chi connectivity index (χ1v) is 5.24. The van der Waals surface area contributed by atoms with Crippen LogP contribution in [0.15, 0.2) is 34.2 Å². The number of carbonyl (C=O) groups excluding carboxylic acids is 1. The van der Waals surface area contributed by atoms with E-state index in [9.17, 15) is 18.0 Å². The lowest BCUT2D eigenvalue weighted by Crippen LogP contribution is -2.20.